The molecule has 5 heteroatoms. The third-order valence-electron chi connectivity index (χ3n) is 3.93. The average Bonchev–Trinajstić information content (AvgIpc) is 2.80. The van der Waals surface area contributed by atoms with Gasteiger partial charge >= 0.3 is 6.03 Å². The number of aryl methyl sites for hydroxylation is 2. The summed E-state index contributed by atoms with van der Waals surface area (Å²) in [6, 6.07) is 5.67. The first-order chi connectivity index (χ1) is 10.4. The molecule has 2 rings (SSSR count). The van der Waals surface area contributed by atoms with Crippen molar-refractivity contribution >= 4 is 17.6 Å². The normalized spacial score (nSPS) is 18.0. The molecule has 1 aromatic rings. The molecular formula is C17H25N3O2. The molecule has 0 spiro atoms. The molecule has 2 N–H and O–H groups in total. The Balaban J connectivity index is 1.95. The fraction of sp³-hybridized carbons (Fsp3) is 0.529. The third kappa shape index (κ3) is 4.00. The highest BCUT2D eigenvalue weighted by Gasteiger charge is 2.31. The number of urea groups is 1. The number of hydrogen-bond acceptors (Lipinski definition) is 2. The minimum atomic E-state index is -0.201. The number of hydrogen-bond donors (Lipinski definition) is 2. The molecule has 0 aromatic heterocycles. The molecule has 1 heterocycles. The van der Waals surface area contributed by atoms with Gasteiger partial charge in [-0.15, -0.1) is 0 Å². The summed E-state index contributed by atoms with van der Waals surface area (Å²) >= 11 is 0. The van der Waals surface area contributed by atoms with Gasteiger partial charge in [0.15, 0.2) is 0 Å². The SMILES string of the molecule is Cc1ccc(N2CC(NC(=O)NCC(C)C)CC2=O)cc1C. The summed E-state index contributed by atoms with van der Waals surface area (Å²) in [7, 11) is 0. The monoisotopic (exact) mass is 303 g/mol. The van der Waals surface area contributed by atoms with Crippen molar-refractivity contribution in [3.05, 3.63) is 29.3 Å². The lowest BCUT2D eigenvalue weighted by Gasteiger charge is -2.18. The quantitative estimate of drug-likeness (QED) is 0.897. The summed E-state index contributed by atoms with van der Waals surface area (Å²) in [6.07, 6.45) is 0.349. The molecule has 1 aliphatic rings. The van der Waals surface area contributed by atoms with E-state index in [4.69, 9.17) is 0 Å². The minimum absolute atomic E-state index is 0.0532. The van der Waals surface area contributed by atoms with Crippen molar-refractivity contribution in [2.24, 2.45) is 5.92 Å². The largest absolute Gasteiger partial charge is 0.338 e. The van der Waals surface area contributed by atoms with Gasteiger partial charge in [-0.1, -0.05) is 19.9 Å². The van der Waals surface area contributed by atoms with Crippen molar-refractivity contribution in [2.75, 3.05) is 18.0 Å². The number of amides is 3. The Morgan fingerprint density at radius 1 is 1.32 bits per heavy atom. The number of carbonyl (C=O) groups is 2. The molecule has 1 aliphatic heterocycles. The summed E-state index contributed by atoms with van der Waals surface area (Å²) in [6.45, 7) is 9.33. The maximum Gasteiger partial charge on any atom is 0.315 e. The standard InChI is InChI=1S/C17H25N3O2/c1-11(2)9-18-17(22)19-14-8-16(21)20(10-14)15-6-5-12(3)13(4)7-15/h5-7,11,14H,8-10H2,1-4H3,(H2,18,19,22). The van der Waals surface area contributed by atoms with Crippen molar-refractivity contribution in [1.82, 2.24) is 10.6 Å². The van der Waals surface area contributed by atoms with E-state index in [1.165, 1.54) is 5.56 Å². The second kappa shape index (κ2) is 6.81. The Labute approximate surface area is 132 Å². The van der Waals surface area contributed by atoms with Crippen LogP contribution in [0.3, 0.4) is 0 Å². The summed E-state index contributed by atoms with van der Waals surface area (Å²) < 4.78 is 0. The minimum Gasteiger partial charge on any atom is -0.338 e. The van der Waals surface area contributed by atoms with E-state index in [0.717, 1.165) is 11.3 Å². The molecule has 0 saturated carbocycles. The van der Waals surface area contributed by atoms with Gasteiger partial charge in [0.25, 0.3) is 0 Å². The zero-order chi connectivity index (χ0) is 16.3. The highest BCUT2D eigenvalue weighted by molar-refractivity contribution is 5.96. The topological polar surface area (TPSA) is 61.4 Å². The molecule has 0 bridgehead atoms. The zero-order valence-corrected chi connectivity index (χ0v) is 13.8. The van der Waals surface area contributed by atoms with E-state index in [1.807, 2.05) is 45.9 Å². The molecule has 3 amide bonds. The van der Waals surface area contributed by atoms with E-state index in [-0.39, 0.29) is 18.0 Å². The molecule has 0 aliphatic carbocycles. The lowest BCUT2D eigenvalue weighted by molar-refractivity contribution is -0.117. The second-order valence-corrected chi connectivity index (χ2v) is 6.42. The first kappa shape index (κ1) is 16.3. The van der Waals surface area contributed by atoms with E-state index in [0.29, 0.717) is 25.4 Å². The van der Waals surface area contributed by atoms with Gasteiger partial charge in [0.05, 0.1) is 6.04 Å². The fourth-order valence-electron chi connectivity index (χ4n) is 2.48. The molecule has 120 valence electrons. The molecule has 1 aromatic carbocycles. The zero-order valence-electron chi connectivity index (χ0n) is 13.8. The lowest BCUT2D eigenvalue weighted by atomic mass is 10.1. The van der Waals surface area contributed by atoms with Crippen LogP contribution >= 0.6 is 0 Å². The predicted molar refractivity (Wildman–Crippen MR) is 88.0 cm³/mol. The van der Waals surface area contributed by atoms with Crippen LogP contribution in [-0.4, -0.2) is 31.1 Å². The van der Waals surface area contributed by atoms with Crippen LogP contribution in [0.4, 0.5) is 10.5 Å². The number of rotatable bonds is 4. The second-order valence-electron chi connectivity index (χ2n) is 6.42. The average molecular weight is 303 g/mol. The van der Waals surface area contributed by atoms with Crippen LogP contribution in [0, 0.1) is 19.8 Å². The molecule has 1 atom stereocenters. The maximum absolute atomic E-state index is 12.2. The third-order valence-corrected chi connectivity index (χ3v) is 3.93. The van der Waals surface area contributed by atoms with Crippen molar-refractivity contribution < 1.29 is 9.59 Å². The maximum atomic E-state index is 12.2. The summed E-state index contributed by atoms with van der Waals surface area (Å²) in [5.41, 5.74) is 3.27. The van der Waals surface area contributed by atoms with Crippen LogP contribution in [0.15, 0.2) is 18.2 Å². The van der Waals surface area contributed by atoms with Crippen molar-refractivity contribution in [2.45, 2.75) is 40.2 Å². The first-order valence-corrected chi connectivity index (χ1v) is 7.78. The molecular weight excluding hydrogens is 278 g/mol. The van der Waals surface area contributed by atoms with Gasteiger partial charge in [-0.2, -0.15) is 0 Å². The van der Waals surface area contributed by atoms with E-state index in [9.17, 15) is 9.59 Å². The van der Waals surface area contributed by atoms with E-state index < -0.39 is 0 Å². The van der Waals surface area contributed by atoms with Gasteiger partial charge in [-0.25, -0.2) is 4.79 Å². The van der Waals surface area contributed by atoms with Crippen molar-refractivity contribution in [3.63, 3.8) is 0 Å². The first-order valence-electron chi connectivity index (χ1n) is 7.78. The highest BCUT2D eigenvalue weighted by atomic mass is 16.2. The fourth-order valence-corrected chi connectivity index (χ4v) is 2.48. The smallest absolute Gasteiger partial charge is 0.315 e. The van der Waals surface area contributed by atoms with Crippen LogP contribution < -0.4 is 15.5 Å². The summed E-state index contributed by atoms with van der Waals surface area (Å²) in [5, 5.41) is 5.69. The van der Waals surface area contributed by atoms with Gasteiger partial charge in [0.1, 0.15) is 0 Å². The van der Waals surface area contributed by atoms with Crippen LogP contribution in [0.25, 0.3) is 0 Å². The highest BCUT2D eigenvalue weighted by Crippen LogP contribution is 2.24. The van der Waals surface area contributed by atoms with Gasteiger partial charge in [-0.3, -0.25) is 4.79 Å². The van der Waals surface area contributed by atoms with Gasteiger partial charge in [-0.05, 0) is 43.0 Å². The van der Waals surface area contributed by atoms with Crippen LogP contribution in [0.1, 0.15) is 31.4 Å². The molecule has 0 radical (unpaired) electrons. The number of nitrogens with zero attached hydrogens (tertiary/aromatic N) is 1. The summed E-state index contributed by atoms with van der Waals surface area (Å²) in [5.74, 6) is 0.459. The molecule has 1 saturated heterocycles. The van der Waals surface area contributed by atoms with Crippen LogP contribution in [0.5, 0.6) is 0 Å². The molecule has 1 fully saturated rings. The van der Waals surface area contributed by atoms with E-state index >= 15 is 0 Å². The number of nitrogens with one attached hydrogen (secondary N) is 2. The molecule has 22 heavy (non-hydrogen) atoms. The van der Waals surface area contributed by atoms with E-state index in [2.05, 4.69) is 10.6 Å². The van der Waals surface area contributed by atoms with Gasteiger partial charge < -0.3 is 15.5 Å². The Morgan fingerprint density at radius 2 is 2.05 bits per heavy atom. The number of carbonyl (C=O) groups excluding carboxylic acids is 2. The van der Waals surface area contributed by atoms with Crippen molar-refractivity contribution in [3.8, 4) is 0 Å². The van der Waals surface area contributed by atoms with Gasteiger partial charge in [0.2, 0.25) is 5.91 Å². The van der Waals surface area contributed by atoms with Gasteiger partial charge in [0, 0.05) is 25.2 Å². The Kier molecular flexibility index (Phi) is 5.06. The Hall–Kier alpha value is -2.04. The van der Waals surface area contributed by atoms with Crippen LogP contribution in [0.2, 0.25) is 0 Å². The Bertz CT molecular complexity index is 569. The number of anilines is 1. The predicted octanol–water partition coefficient (Wildman–Crippen LogP) is 2.36. The summed E-state index contributed by atoms with van der Waals surface area (Å²) in [4.78, 5) is 25.7. The number of benzene rings is 1. The van der Waals surface area contributed by atoms with E-state index in [1.54, 1.807) is 4.90 Å². The van der Waals surface area contributed by atoms with Crippen molar-refractivity contribution in [1.29, 1.82) is 0 Å². The molecule has 1 unspecified atom stereocenters. The Morgan fingerprint density at radius 3 is 2.68 bits per heavy atom. The lowest BCUT2D eigenvalue weighted by Crippen LogP contribution is -2.44. The molecule has 5 nitrogen and oxygen atoms in total. The van der Waals surface area contributed by atoms with Crippen LogP contribution in [-0.2, 0) is 4.79 Å².